The third-order valence-corrected chi connectivity index (χ3v) is 3.20. The first kappa shape index (κ1) is 12.9. The van der Waals surface area contributed by atoms with E-state index in [1.54, 1.807) is 7.05 Å². The second kappa shape index (κ2) is 5.47. The number of nitrogens with one attached hydrogen (secondary N) is 2. The molecule has 0 saturated heterocycles. The van der Waals surface area contributed by atoms with Crippen molar-refractivity contribution in [1.29, 1.82) is 5.26 Å². The molecule has 0 aliphatic carbocycles. The quantitative estimate of drug-likeness (QED) is 0.770. The molecule has 0 bridgehead atoms. The van der Waals surface area contributed by atoms with E-state index in [0.29, 0.717) is 5.56 Å². The Hall–Kier alpha value is -3.13. The largest absolute Gasteiger partial charge is 0.373 e. The smallest absolute Gasteiger partial charge is 0.129 e. The summed E-state index contributed by atoms with van der Waals surface area (Å²) in [5, 5.41) is 12.3. The number of nitriles is 1. The normalized spacial score (nSPS) is 10.1. The highest BCUT2D eigenvalue weighted by Gasteiger charge is 2.12. The first-order valence-electron chi connectivity index (χ1n) is 6.50. The molecular weight excluding hydrogens is 262 g/mol. The zero-order chi connectivity index (χ0) is 14.7. The van der Waals surface area contributed by atoms with Crippen LogP contribution in [0.5, 0.6) is 0 Å². The lowest BCUT2D eigenvalue weighted by Crippen LogP contribution is -1.94. The predicted octanol–water partition coefficient (Wildman–Crippen LogP) is 3.05. The van der Waals surface area contributed by atoms with E-state index in [9.17, 15) is 5.26 Å². The number of hydrogen-bond acceptors (Lipinski definition) is 4. The van der Waals surface area contributed by atoms with Gasteiger partial charge in [0, 0.05) is 13.1 Å². The second-order valence-corrected chi connectivity index (χ2v) is 4.49. The van der Waals surface area contributed by atoms with Crippen molar-refractivity contribution in [2.24, 2.45) is 0 Å². The Morgan fingerprint density at radius 3 is 2.67 bits per heavy atom. The first-order valence-corrected chi connectivity index (χ1v) is 6.50. The molecule has 2 N–H and O–H groups in total. The van der Waals surface area contributed by atoms with Gasteiger partial charge in [0.05, 0.1) is 22.6 Å². The SMILES string of the molecule is CNc1cc(-c2cc(C#N)c(-c3ccccc3)[nH]2)ncn1. The molecule has 3 rings (SSSR count). The summed E-state index contributed by atoms with van der Waals surface area (Å²) < 4.78 is 0. The fraction of sp³-hybridized carbons (Fsp3) is 0.0625. The summed E-state index contributed by atoms with van der Waals surface area (Å²) in [7, 11) is 1.80. The van der Waals surface area contributed by atoms with Crippen LogP contribution in [-0.2, 0) is 0 Å². The molecule has 0 aliphatic heterocycles. The van der Waals surface area contributed by atoms with Crippen molar-refractivity contribution in [2.75, 3.05) is 12.4 Å². The summed E-state index contributed by atoms with van der Waals surface area (Å²) in [6.45, 7) is 0. The van der Waals surface area contributed by atoms with Crippen molar-refractivity contribution in [1.82, 2.24) is 15.0 Å². The number of H-pyrrole nitrogens is 1. The molecule has 2 heterocycles. The van der Waals surface area contributed by atoms with Crippen LogP contribution >= 0.6 is 0 Å². The van der Waals surface area contributed by atoms with Gasteiger partial charge in [0.15, 0.2) is 0 Å². The van der Waals surface area contributed by atoms with Crippen molar-refractivity contribution in [3.8, 4) is 28.7 Å². The van der Waals surface area contributed by atoms with Crippen molar-refractivity contribution in [2.45, 2.75) is 0 Å². The Labute approximate surface area is 122 Å². The number of rotatable bonds is 3. The minimum atomic E-state index is 0.598. The van der Waals surface area contributed by atoms with Gasteiger partial charge in [-0.15, -0.1) is 0 Å². The topological polar surface area (TPSA) is 77.4 Å². The Morgan fingerprint density at radius 2 is 1.95 bits per heavy atom. The van der Waals surface area contributed by atoms with E-state index in [1.807, 2.05) is 42.5 Å². The molecule has 0 fully saturated rings. The van der Waals surface area contributed by atoms with E-state index in [1.165, 1.54) is 6.33 Å². The Kier molecular flexibility index (Phi) is 3.36. The van der Waals surface area contributed by atoms with Crippen molar-refractivity contribution in [3.05, 3.63) is 54.4 Å². The number of aromatic amines is 1. The summed E-state index contributed by atoms with van der Waals surface area (Å²) >= 11 is 0. The lowest BCUT2D eigenvalue weighted by atomic mass is 10.1. The summed E-state index contributed by atoms with van der Waals surface area (Å²) in [4.78, 5) is 11.6. The fourth-order valence-electron chi connectivity index (χ4n) is 2.15. The van der Waals surface area contributed by atoms with Crippen LogP contribution in [0, 0.1) is 11.3 Å². The van der Waals surface area contributed by atoms with Gasteiger partial charge in [-0.05, 0) is 11.6 Å². The Balaban J connectivity index is 2.10. The van der Waals surface area contributed by atoms with Gasteiger partial charge in [-0.2, -0.15) is 5.26 Å². The van der Waals surface area contributed by atoms with Crippen LogP contribution in [0.2, 0.25) is 0 Å². The van der Waals surface area contributed by atoms with E-state index >= 15 is 0 Å². The number of anilines is 1. The van der Waals surface area contributed by atoms with Gasteiger partial charge in [0.25, 0.3) is 0 Å². The molecule has 5 nitrogen and oxygen atoms in total. The molecule has 0 amide bonds. The molecule has 0 saturated carbocycles. The van der Waals surface area contributed by atoms with Gasteiger partial charge < -0.3 is 10.3 Å². The van der Waals surface area contributed by atoms with Crippen LogP contribution < -0.4 is 5.32 Å². The van der Waals surface area contributed by atoms with Crippen molar-refractivity contribution < 1.29 is 0 Å². The number of hydrogen-bond donors (Lipinski definition) is 2. The summed E-state index contributed by atoms with van der Waals surface area (Å²) in [6, 6.07) is 15.6. The zero-order valence-corrected chi connectivity index (χ0v) is 11.5. The van der Waals surface area contributed by atoms with Crippen LogP contribution in [0.4, 0.5) is 5.82 Å². The monoisotopic (exact) mass is 275 g/mol. The highest BCUT2D eigenvalue weighted by molar-refractivity contribution is 5.73. The second-order valence-electron chi connectivity index (χ2n) is 4.49. The molecular formula is C16H13N5. The maximum Gasteiger partial charge on any atom is 0.129 e. The molecule has 2 aromatic heterocycles. The molecule has 102 valence electrons. The van der Waals surface area contributed by atoms with Crippen LogP contribution in [0.3, 0.4) is 0 Å². The lowest BCUT2D eigenvalue weighted by Gasteiger charge is -2.01. The van der Waals surface area contributed by atoms with Crippen molar-refractivity contribution in [3.63, 3.8) is 0 Å². The Bertz CT molecular complexity index is 799. The van der Waals surface area contributed by atoms with Gasteiger partial charge in [-0.25, -0.2) is 9.97 Å². The highest BCUT2D eigenvalue weighted by atomic mass is 15.0. The van der Waals surface area contributed by atoms with Gasteiger partial charge in [-0.3, -0.25) is 0 Å². The van der Waals surface area contributed by atoms with E-state index in [-0.39, 0.29) is 0 Å². The Morgan fingerprint density at radius 1 is 1.14 bits per heavy atom. The molecule has 0 spiro atoms. The van der Waals surface area contributed by atoms with Crippen molar-refractivity contribution >= 4 is 5.82 Å². The van der Waals surface area contributed by atoms with Crippen LogP contribution in [-0.4, -0.2) is 22.0 Å². The number of nitrogens with zero attached hydrogens (tertiary/aromatic N) is 3. The average molecular weight is 275 g/mol. The van der Waals surface area contributed by atoms with Gasteiger partial charge in [-0.1, -0.05) is 30.3 Å². The molecule has 1 aromatic carbocycles. The standard InChI is InChI=1S/C16H13N5/c1-18-15-8-13(19-10-20-15)14-7-12(9-17)16(21-14)11-5-3-2-4-6-11/h2-8,10,21H,1H3,(H,18,19,20). The lowest BCUT2D eigenvalue weighted by molar-refractivity contribution is 1.15. The maximum absolute atomic E-state index is 9.33. The maximum atomic E-state index is 9.33. The van der Waals surface area contributed by atoms with E-state index < -0.39 is 0 Å². The average Bonchev–Trinajstić information content (AvgIpc) is 3.00. The van der Waals surface area contributed by atoms with E-state index in [4.69, 9.17) is 0 Å². The zero-order valence-electron chi connectivity index (χ0n) is 11.5. The minimum absolute atomic E-state index is 0.598. The molecule has 0 radical (unpaired) electrons. The first-order chi connectivity index (χ1) is 10.3. The minimum Gasteiger partial charge on any atom is -0.373 e. The molecule has 0 aliphatic rings. The van der Waals surface area contributed by atoms with Crippen LogP contribution in [0.15, 0.2) is 48.8 Å². The van der Waals surface area contributed by atoms with E-state index in [0.717, 1.165) is 28.5 Å². The van der Waals surface area contributed by atoms with Crippen LogP contribution in [0.1, 0.15) is 5.56 Å². The van der Waals surface area contributed by atoms with Gasteiger partial charge >= 0.3 is 0 Å². The van der Waals surface area contributed by atoms with E-state index in [2.05, 4.69) is 26.3 Å². The molecule has 3 aromatic rings. The number of aromatic nitrogens is 3. The fourth-order valence-corrected chi connectivity index (χ4v) is 2.15. The third-order valence-electron chi connectivity index (χ3n) is 3.20. The summed E-state index contributed by atoms with van der Waals surface area (Å²) in [5.41, 5.74) is 3.92. The van der Waals surface area contributed by atoms with Crippen LogP contribution in [0.25, 0.3) is 22.6 Å². The number of benzene rings is 1. The summed E-state index contributed by atoms with van der Waals surface area (Å²) in [6.07, 6.45) is 1.50. The molecule has 5 heteroatoms. The highest BCUT2D eigenvalue weighted by Crippen LogP contribution is 2.28. The third kappa shape index (κ3) is 2.47. The van der Waals surface area contributed by atoms with Gasteiger partial charge in [0.1, 0.15) is 18.2 Å². The van der Waals surface area contributed by atoms with Gasteiger partial charge in [0.2, 0.25) is 0 Å². The molecule has 21 heavy (non-hydrogen) atoms. The summed E-state index contributed by atoms with van der Waals surface area (Å²) in [5.74, 6) is 0.731. The molecule has 0 unspecified atom stereocenters. The predicted molar refractivity (Wildman–Crippen MR) is 81.5 cm³/mol. The molecule has 0 atom stereocenters.